The number of hydrogen-bond donors (Lipinski definition) is 2. The van der Waals surface area contributed by atoms with Gasteiger partial charge in [0.15, 0.2) is 11.6 Å². The number of para-hydroxylation sites is 1. The molecule has 4 nitrogen and oxygen atoms in total. The fourth-order valence-electron chi connectivity index (χ4n) is 2.85. The number of benzene rings is 2. The van der Waals surface area contributed by atoms with Gasteiger partial charge in [-0.3, -0.25) is 4.40 Å². The van der Waals surface area contributed by atoms with Crippen molar-refractivity contribution in [3.05, 3.63) is 70.8 Å². The van der Waals surface area contributed by atoms with Crippen LogP contribution in [0.25, 0.3) is 28.2 Å². The monoisotopic (exact) mass is 416 g/mol. The number of nitrogens with zero attached hydrogens (tertiary/aromatic N) is 2. The van der Waals surface area contributed by atoms with Gasteiger partial charge in [-0.05, 0) is 46.3 Å². The van der Waals surface area contributed by atoms with Crippen molar-refractivity contribution in [3.63, 3.8) is 0 Å². The summed E-state index contributed by atoms with van der Waals surface area (Å²) in [6, 6.07) is 11.9. The molecule has 0 aliphatic rings. The molecule has 0 saturated heterocycles. The summed E-state index contributed by atoms with van der Waals surface area (Å²) in [5, 5.41) is 20.3. The van der Waals surface area contributed by atoms with Crippen molar-refractivity contribution in [1.82, 2.24) is 9.38 Å². The summed E-state index contributed by atoms with van der Waals surface area (Å²) < 4.78 is 29.3. The van der Waals surface area contributed by atoms with Gasteiger partial charge < -0.3 is 10.2 Å². The van der Waals surface area contributed by atoms with E-state index in [1.165, 1.54) is 12.1 Å². The van der Waals surface area contributed by atoms with Crippen molar-refractivity contribution >= 4 is 21.4 Å². The molecular weight excluding hydrogens is 406 g/mol. The van der Waals surface area contributed by atoms with E-state index in [-0.39, 0.29) is 15.8 Å². The molecule has 130 valence electrons. The first-order valence-electron chi connectivity index (χ1n) is 7.60. The van der Waals surface area contributed by atoms with Crippen LogP contribution in [0, 0.1) is 11.6 Å². The largest absolute Gasteiger partial charge is 0.507 e. The number of aromatic nitrogens is 2. The second kappa shape index (κ2) is 6.10. The van der Waals surface area contributed by atoms with Crippen LogP contribution < -0.4 is 0 Å². The summed E-state index contributed by atoms with van der Waals surface area (Å²) in [5.41, 5.74) is 1.50. The highest BCUT2D eigenvalue weighted by molar-refractivity contribution is 9.10. The molecule has 0 amide bonds. The third-order valence-corrected chi connectivity index (χ3v) is 4.68. The zero-order chi connectivity index (χ0) is 18.4. The Morgan fingerprint density at radius 2 is 1.73 bits per heavy atom. The fraction of sp³-hybridized carbons (Fsp3) is 0. The number of imidazole rings is 1. The SMILES string of the molecule is Oc1cc(F)c(Br)cc1-c1nc(-c2cccc(F)c2O)n2ccccc12. The maximum absolute atomic E-state index is 13.8. The highest BCUT2D eigenvalue weighted by Gasteiger charge is 2.20. The molecule has 4 aromatic rings. The van der Waals surface area contributed by atoms with Crippen LogP contribution in [0.4, 0.5) is 8.78 Å². The van der Waals surface area contributed by atoms with Crippen LogP contribution >= 0.6 is 15.9 Å². The smallest absolute Gasteiger partial charge is 0.165 e. The second-order valence-corrected chi connectivity index (χ2v) is 6.51. The zero-order valence-corrected chi connectivity index (χ0v) is 14.7. The lowest BCUT2D eigenvalue weighted by Gasteiger charge is -2.04. The molecule has 0 aliphatic carbocycles. The topological polar surface area (TPSA) is 57.8 Å². The number of fused-ring (bicyclic) bond motifs is 1. The molecule has 7 heteroatoms. The third-order valence-electron chi connectivity index (χ3n) is 4.07. The minimum absolute atomic E-state index is 0.178. The number of pyridine rings is 1. The van der Waals surface area contributed by atoms with Crippen LogP contribution in [0.5, 0.6) is 11.5 Å². The number of halogens is 3. The molecule has 0 atom stereocenters. The van der Waals surface area contributed by atoms with Crippen LogP contribution in [0.15, 0.2) is 59.2 Å². The number of phenolic OH excluding ortho intramolecular Hbond substituents is 2. The maximum atomic E-state index is 13.8. The van der Waals surface area contributed by atoms with E-state index in [1.54, 1.807) is 34.9 Å². The van der Waals surface area contributed by atoms with Crippen LogP contribution in [-0.2, 0) is 0 Å². The summed E-state index contributed by atoms with van der Waals surface area (Å²) in [6.45, 7) is 0. The van der Waals surface area contributed by atoms with Gasteiger partial charge in [0.1, 0.15) is 23.1 Å². The van der Waals surface area contributed by atoms with Crippen molar-refractivity contribution in [2.45, 2.75) is 0 Å². The van der Waals surface area contributed by atoms with Crippen LogP contribution in [-0.4, -0.2) is 19.6 Å². The summed E-state index contributed by atoms with van der Waals surface area (Å²) in [6.07, 6.45) is 1.71. The molecule has 2 aromatic carbocycles. The quantitative estimate of drug-likeness (QED) is 0.476. The van der Waals surface area contributed by atoms with Crippen molar-refractivity contribution in [2.24, 2.45) is 0 Å². The molecule has 0 radical (unpaired) electrons. The zero-order valence-electron chi connectivity index (χ0n) is 13.1. The van der Waals surface area contributed by atoms with Gasteiger partial charge in [0.2, 0.25) is 0 Å². The lowest BCUT2D eigenvalue weighted by molar-refractivity contribution is 0.434. The van der Waals surface area contributed by atoms with E-state index < -0.39 is 17.4 Å². The Labute approximate surface area is 155 Å². The molecule has 4 rings (SSSR count). The highest BCUT2D eigenvalue weighted by Crippen LogP contribution is 2.39. The van der Waals surface area contributed by atoms with E-state index in [4.69, 9.17) is 0 Å². The molecule has 2 heterocycles. The van der Waals surface area contributed by atoms with E-state index in [9.17, 15) is 19.0 Å². The minimum atomic E-state index is -0.760. The van der Waals surface area contributed by atoms with Gasteiger partial charge in [0, 0.05) is 17.8 Å². The van der Waals surface area contributed by atoms with Crippen molar-refractivity contribution in [3.8, 4) is 34.1 Å². The maximum Gasteiger partial charge on any atom is 0.165 e. The molecule has 0 aliphatic heterocycles. The molecular formula is C19H11BrF2N2O2. The second-order valence-electron chi connectivity index (χ2n) is 5.66. The molecule has 26 heavy (non-hydrogen) atoms. The number of phenols is 2. The van der Waals surface area contributed by atoms with Gasteiger partial charge in [0.25, 0.3) is 0 Å². The standard InChI is InChI=1S/C19H11BrF2N2O2/c20-12-8-11(16(25)9-14(12)22)17-15-6-1-2-7-24(15)19(23-17)10-4-3-5-13(21)18(10)26/h1-9,25-26H. The Morgan fingerprint density at radius 3 is 2.54 bits per heavy atom. The Morgan fingerprint density at radius 1 is 0.923 bits per heavy atom. The third kappa shape index (κ3) is 2.52. The number of rotatable bonds is 2. The summed E-state index contributed by atoms with van der Waals surface area (Å²) in [5.74, 6) is -1.85. The molecule has 0 spiro atoms. The number of aromatic hydroxyl groups is 2. The van der Waals surface area contributed by atoms with Crippen LogP contribution in [0.3, 0.4) is 0 Å². The predicted octanol–water partition coefficient (Wildman–Crippen LogP) is 5.12. The summed E-state index contributed by atoms with van der Waals surface area (Å²) in [4.78, 5) is 4.50. The Bertz CT molecular complexity index is 1160. The van der Waals surface area contributed by atoms with Crippen LogP contribution in [0.2, 0.25) is 0 Å². The van der Waals surface area contributed by atoms with Gasteiger partial charge in [-0.1, -0.05) is 12.1 Å². The van der Waals surface area contributed by atoms with Crippen molar-refractivity contribution < 1.29 is 19.0 Å². The number of hydrogen-bond acceptors (Lipinski definition) is 3. The van der Waals surface area contributed by atoms with Crippen LogP contribution in [0.1, 0.15) is 0 Å². The lowest BCUT2D eigenvalue weighted by atomic mass is 10.1. The van der Waals surface area contributed by atoms with Gasteiger partial charge >= 0.3 is 0 Å². The Kier molecular flexibility index (Phi) is 3.88. The molecule has 0 bridgehead atoms. The van der Waals surface area contributed by atoms with E-state index in [1.807, 2.05) is 0 Å². The molecule has 0 saturated carbocycles. The average Bonchev–Trinajstić information content (AvgIpc) is 3.00. The first-order chi connectivity index (χ1) is 12.5. The predicted molar refractivity (Wildman–Crippen MR) is 97.0 cm³/mol. The first-order valence-corrected chi connectivity index (χ1v) is 8.40. The normalized spacial score (nSPS) is 11.2. The van der Waals surface area contributed by atoms with Gasteiger partial charge in [-0.2, -0.15) is 0 Å². The summed E-state index contributed by atoms with van der Waals surface area (Å²) >= 11 is 3.10. The molecule has 0 unspecified atom stereocenters. The molecule has 2 N–H and O–H groups in total. The van der Waals surface area contributed by atoms with Crippen molar-refractivity contribution in [2.75, 3.05) is 0 Å². The first kappa shape index (κ1) is 16.5. The average molecular weight is 417 g/mol. The highest BCUT2D eigenvalue weighted by atomic mass is 79.9. The van der Waals surface area contributed by atoms with Gasteiger partial charge in [-0.25, -0.2) is 13.8 Å². The molecule has 0 fully saturated rings. The van der Waals surface area contributed by atoms with E-state index in [2.05, 4.69) is 20.9 Å². The van der Waals surface area contributed by atoms with Gasteiger partial charge in [-0.15, -0.1) is 0 Å². The van der Waals surface area contributed by atoms with E-state index in [0.717, 1.165) is 12.1 Å². The minimum Gasteiger partial charge on any atom is -0.507 e. The Balaban J connectivity index is 2.05. The molecule has 2 aromatic heterocycles. The lowest BCUT2D eigenvalue weighted by Crippen LogP contribution is -1.90. The fourth-order valence-corrected chi connectivity index (χ4v) is 3.19. The Hall–Kier alpha value is -2.93. The van der Waals surface area contributed by atoms with E-state index >= 15 is 0 Å². The van der Waals surface area contributed by atoms with E-state index in [0.29, 0.717) is 22.6 Å². The van der Waals surface area contributed by atoms with Crippen molar-refractivity contribution in [1.29, 1.82) is 0 Å². The van der Waals surface area contributed by atoms with Gasteiger partial charge in [0.05, 0.1) is 15.6 Å². The summed E-state index contributed by atoms with van der Waals surface area (Å²) in [7, 11) is 0.